The first-order chi connectivity index (χ1) is 6.29. The van der Waals surface area contributed by atoms with Crippen LogP contribution in [0.15, 0.2) is 11.1 Å². The van der Waals surface area contributed by atoms with Crippen molar-refractivity contribution in [2.45, 2.75) is 38.5 Å². The zero-order valence-corrected chi connectivity index (χ0v) is 9.91. The van der Waals surface area contributed by atoms with Crippen LogP contribution in [0.5, 0.6) is 0 Å². The first kappa shape index (κ1) is 11.3. The Hall–Kier alpha value is 0.180. The van der Waals surface area contributed by atoms with E-state index in [-0.39, 0.29) is 0 Å². The monoisotopic (exact) mass is 245 g/mol. The number of nitrogens with one attached hydrogen (secondary N) is 1. The van der Waals surface area contributed by atoms with Gasteiger partial charge in [0.2, 0.25) is 0 Å². The van der Waals surface area contributed by atoms with Crippen molar-refractivity contribution in [3.63, 3.8) is 0 Å². The van der Waals surface area contributed by atoms with E-state index in [9.17, 15) is 0 Å². The van der Waals surface area contributed by atoms with Crippen LogP contribution in [0.4, 0.5) is 0 Å². The molecule has 0 heterocycles. The molecule has 13 heavy (non-hydrogen) atoms. The van der Waals surface area contributed by atoms with Gasteiger partial charge in [-0.25, -0.2) is 0 Å². The van der Waals surface area contributed by atoms with Crippen molar-refractivity contribution >= 4 is 15.9 Å². The Labute approximate surface area is 90.1 Å². The minimum absolute atomic E-state index is 0.907. The zero-order valence-electron chi connectivity index (χ0n) is 8.32. The van der Waals surface area contributed by atoms with Crippen molar-refractivity contribution in [2.24, 2.45) is 5.92 Å². The molecule has 76 valence electrons. The highest BCUT2D eigenvalue weighted by atomic mass is 79.9. The molecule has 2 heteroatoms. The minimum atomic E-state index is 0.907. The summed E-state index contributed by atoms with van der Waals surface area (Å²) in [6.45, 7) is 5.83. The van der Waals surface area contributed by atoms with Crippen molar-refractivity contribution in [1.82, 2.24) is 5.32 Å². The van der Waals surface area contributed by atoms with Crippen molar-refractivity contribution in [3.05, 3.63) is 11.1 Å². The molecule has 0 bridgehead atoms. The van der Waals surface area contributed by atoms with Gasteiger partial charge in [-0.15, -0.1) is 0 Å². The summed E-state index contributed by atoms with van der Waals surface area (Å²) in [5.41, 5.74) is 0. The third kappa shape index (κ3) is 5.48. The zero-order chi connectivity index (χ0) is 9.52. The third-order valence-electron chi connectivity index (χ3n) is 2.76. The van der Waals surface area contributed by atoms with E-state index < -0.39 is 0 Å². The van der Waals surface area contributed by atoms with Crippen LogP contribution in [0, 0.1) is 5.92 Å². The number of hydrogen-bond acceptors (Lipinski definition) is 1. The lowest BCUT2D eigenvalue weighted by atomic mass is 10.0. The molecule has 0 atom stereocenters. The summed E-state index contributed by atoms with van der Waals surface area (Å²) in [6, 6.07) is 0. The van der Waals surface area contributed by atoms with Gasteiger partial charge in [0.15, 0.2) is 0 Å². The maximum Gasteiger partial charge on any atom is 0.0265 e. The van der Waals surface area contributed by atoms with Crippen molar-refractivity contribution in [2.75, 3.05) is 13.1 Å². The molecule has 1 fully saturated rings. The molecule has 0 spiro atoms. The Morgan fingerprint density at radius 1 is 1.38 bits per heavy atom. The summed E-state index contributed by atoms with van der Waals surface area (Å²) in [7, 11) is 0. The standard InChI is InChI=1S/C11H20BrN/c1-10(12)9-13-8-4-7-11-5-2-3-6-11/h11,13H,1-9H2. The highest BCUT2D eigenvalue weighted by Gasteiger charge is 2.13. The molecule has 0 aromatic carbocycles. The van der Waals surface area contributed by atoms with Crippen LogP contribution in [-0.4, -0.2) is 13.1 Å². The molecule has 0 aliphatic heterocycles. The minimum Gasteiger partial charge on any atom is -0.312 e. The fourth-order valence-corrected chi connectivity index (χ4v) is 2.24. The van der Waals surface area contributed by atoms with Crippen molar-refractivity contribution in [3.8, 4) is 0 Å². The van der Waals surface area contributed by atoms with Gasteiger partial charge in [0.1, 0.15) is 0 Å². The molecule has 0 amide bonds. The molecule has 1 aliphatic rings. The second-order valence-corrected chi connectivity index (χ2v) is 5.11. The summed E-state index contributed by atoms with van der Waals surface area (Å²) in [4.78, 5) is 0. The Kier molecular flexibility index (Phi) is 5.72. The Bertz CT molecular complexity index is 150. The molecule has 1 N–H and O–H groups in total. The second kappa shape index (κ2) is 6.61. The van der Waals surface area contributed by atoms with Crippen LogP contribution in [-0.2, 0) is 0 Å². The van der Waals surface area contributed by atoms with E-state index in [4.69, 9.17) is 0 Å². The fourth-order valence-electron chi connectivity index (χ4n) is 2.04. The molecular formula is C11H20BrN. The summed E-state index contributed by atoms with van der Waals surface area (Å²) in [5, 5.41) is 3.36. The van der Waals surface area contributed by atoms with Gasteiger partial charge in [0.05, 0.1) is 0 Å². The lowest BCUT2D eigenvalue weighted by molar-refractivity contribution is 0.475. The molecule has 1 saturated carbocycles. The van der Waals surface area contributed by atoms with Crippen LogP contribution in [0.3, 0.4) is 0 Å². The maximum atomic E-state index is 3.78. The van der Waals surface area contributed by atoms with Crippen LogP contribution < -0.4 is 5.32 Å². The van der Waals surface area contributed by atoms with Gasteiger partial charge in [-0.3, -0.25) is 0 Å². The van der Waals surface area contributed by atoms with E-state index in [1.54, 1.807) is 0 Å². The Morgan fingerprint density at radius 2 is 2.08 bits per heavy atom. The molecule has 1 rings (SSSR count). The van der Waals surface area contributed by atoms with Crippen LogP contribution in [0.25, 0.3) is 0 Å². The predicted octanol–water partition coefficient (Wildman–Crippen LogP) is 3.46. The molecular weight excluding hydrogens is 226 g/mol. The molecule has 0 saturated heterocycles. The summed E-state index contributed by atoms with van der Waals surface area (Å²) >= 11 is 3.34. The van der Waals surface area contributed by atoms with Gasteiger partial charge < -0.3 is 5.32 Å². The fraction of sp³-hybridized carbons (Fsp3) is 0.818. The quantitative estimate of drug-likeness (QED) is 0.708. The first-order valence-corrected chi connectivity index (χ1v) is 6.12. The Balaban J connectivity index is 1.86. The first-order valence-electron chi connectivity index (χ1n) is 5.33. The molecule has 0 aromatic rings. The second-order valence-electron chi connectivity index (χ2n) is 3.99. The summed E-state index contributed by atoms with van der Waals surface area (Å²) in [5.74, 6) is 1.04. The lowest BCUT2D eigenvalue weighted by Gasteiger charge is -2.08. The third-order valence-corrected chi connectivity index (χ3v) is 3.04. The molecule has 1 aliphatic carbocycles. The van der Waals surface area contributed by atoms with Gasteiger partial charge in [0.25, 0.3) is 0 Å². The van der Waals surface area contributed by atoms with Gasteiger partial charge in [-0.1, -0.05) is 48.2 Å². The van der Waals surface area contributed by atoms with Crippen LogP contribution in [0.2, 0.25) is 0 Å². The van der Waals surface area contributed by atoms with E-state index in [2.05, 4.69) is 27.8 Å². The lowest BCUT2D eigenvalue weighted by Crippen LogP contribution is -2.17. The van der Waals surface area contributed by atoms with E-state index in [1.807, 2.05) is 0 Å². The summed E-state index contributed by atoms with van der Waals surface area (Å²) < 4.78 is 1.05. The molecule has 0 aromatic heterocycles. The average molecular weight is 246 g/mol. The molecule has 1 nitrogen and oxygen atoms in total. The van der Waals surface area contributed by atoms with E-state index >= 15 is 0 Å². The number of hydrogen-bond donors (Lipinski definition) is 1. The SMILES string of the molecule is C=C(Br)CNCCCC1CCCC1. The van der Waals surface area contributed by atoms with Gasteiger partial charge in [-0.05, 0) is 25.3 Å². The van der Waals surface area contributed by atoms with Crippen molar-refractivity contribution in [1.29, 1.82) is 0 Å². The van der Waals surface area contributed by atoms with E-state index in [0.717, 1.165) is 23.5 Å². The number of halogens is 1. The predicted molar refractivity (Wildman–Crippen MR) is 62.1 cm³/mol. The highest BCUT2D eigenvalue weighted by molar-refractivity contribution is 9.11. The van der Waals surface area contributed by atoms with Crippen LogP contribution >= 0.6 is 15.9 Å². The highest BCUT2D eigenvalue weighted by Crippen LogP contribution is 2.28. The van der Waals surface area contributed by atoms with Gasteiger partial charge in [0, 0.05) is 11.0 Å². The topological polar surface area (TPSA) is 12.0 Å². The van der Waals surface area contributed by atoms with Crippen LogP contribution in [0.1, 0.15) is 38.5 Å². The van der Waals surface area contributed by atoms with Gasteiger partial charge >= 0.3 is 0 Å². The van der Waals surface area contributed by atoms with Gasteiger partial charge in [-0.2, -0.15) is 0 Å². The maximum absolute atomic E-state index is 3.78. The average Bonchev–Trinajstić information content (AvgIpc) is 2.55. The summed E-state index contributed by atoms with van der Waals surface area (Å²) in [6.07, 6.45) is 8.63. The van der Waals surface area contributed by atoms with E-state index in [0.29, 0.717) is 0 Å². The molecule has 0 radical (unpaired) electrons. The smallest absolute Gasteiger partial charge is 0.0265 e. The largest absolute Gasteiger partial charge is 0.312 e. The van der Waals surface area contributed by atoms with E-state index in [1.165, 1.54) is 38.5 Å². The Morgan fingerprint density at radius 3 is 2.69 bits per heavy atom. The molecule has 0 unspecified atom stereocenters. The number of rotatable bonds is 6. The normalized spacial score (nSPS) is 17.9. The van der Waals surface area contributed by atoms with Crippen molar-refractivity contribution < 1.29 is 0 Å².